The minimum Gasteiger partial charge on any atom is -0.411 e. The van der Waals surface area contributed by atoms with Gasteiger partial charge in [-0.1, -0.05) is 30.3 Å². The third kappa shape index (κ3) is 5.00. The molecule has 2 aliphatic carbocycles. The van der Waals surface area contributed by atoms with E-state index in [0.717, 1.165) is 31.2 Å². The Morgan fingerprint density at radius 3 is 2.56 bits per heavy atom. The molecule has 1 aliphatic heterocycles. The van der Waals surface area contributed by atoms with Gasteiger partial charge in [-0.15, -0.1) is 10.2 Å². The lowest BCUT2D eigenvalue weighted by atomic mass is 9.88. The highest BCUT2D eigenvalue weighted by Gasteiger charge is 2.48. The van der Waals surface area contributed by atoms with Crippen molar-refractivity contribution in [2.24, 2.45) is 11.1 Å². The second-order valence-electron chi connectivity index (χ2n) is 11.9. The first kappa shape index (κ1) is 27.7. The van der Waals surface area contributed by atoms with Crippen molar-refractivity contribution < 1.29 is 18.4 Å². The Kier molecular flexibility index (Phi) is 6.67. The molecule has 3 aliphatic rings. The second kappa shape index (κ2) is 9.85. The summed E-state index contributed by atoms with van der Waals surface area (Å²) < 4.78 is 31.8. The lowest BCUT2D eigenvalue weighted by molar-refractivity contribution is -0.135. The molecule has 1 amide bonds. The Balaban J connectivity index is 1.49. The molecule has 3 fully saturated rings. The number of nitriles is 1. The van der Waals surface area contributed by atoms with Crippen LogP contribution in [0.5, 0.6) is 0 Å². The van der Waals surface area contributed by atoms with Crippen molar-refractivity contribution in [2.75, 3.05) is 13.1 Å². The number of likely N-dealkylation sites (tertiary alicyclic amines) is 1. The van der Waals surface area contributed by atoms with E-state index in [1.165, 1.54) is 23.7 Å². The van der Waals surface area contributed by atoms with Gasteiger partial charge in [0.05, 0.1) is 22.7 Å². The minimum atomic E-state index is -3.88. The summed E-state index contributed by atoms with van der Waals surface area (Å²) in [6.07, 6.45) is 7.03. The number of pyridine rings is 1. The second-order valence-corrected chi connectivity index (χ2v) is 14.6. The van der Waals surface area contributed by atoms with E-state index < -0.39 is 21.0 Å². The molecular formula is C27H32N8O4S2. The molecule has 0 bridgehead atoms. The average molecular weight is 597 g/mol. The van der Waals surface area contributed by atoms with Gasteiger partial charge in [0, 0.05) is 30.7 Å². The van der Waals surface area contributed by atoms with E-state index in [1.54, 1.807) is 10.5 Å². The molecular weight excluding hydrogens is 564 g/mol. The molecule has 14 heteroatoms. The largest absolute Gasteiger partial charge is 0.411 e. The van der Waals surface area contributed by atoms with Crippen molar-refractivity contribution in [2.45, 2.75) is 81.1 Å². The Morgan fingerprint density at radius 2 is 1.98 bits per heavy atom. The van der Waals surface area contributed by atoms with Gasteiger partial charge in [-0.05, 0) is 63.0 Å². The molecule has 2 N–H and O–H groups in total. The Hall–Kier alpha value is -3.41. The Labute approximate surface area is 242 Å². The van der Waals surface area contributed by atoms with E-state index in [-0.39, 0.29) is 22.6 Å². The molecule has 0 aromatic carbocycles. The van der Waals surface area contributed by atoms with Crippen LogP contribution < -0.4 is 4.72 Å². The van der Waals surface area contributed by atoms with Crippen molar-refractivity contribution in [1.29, 1.82) is 5.26 Å². The van der Waals surface area contributed by atoms with Gasteiger partial charge in [0.15, 0.2) is 10.8 Å². The van der Waals surface area contributed by atoms with Crippen molar-refractivity contribution in [3.63, 3.8) is 0 Å². The number of aromatic nitrogens is 4. The lowest BCUT2D eigenvalue weighted by Gasteiger charge is -2.33. The molecule has 41 heavy (non-hydrogen) atoms. The number of piperidine rings is 1. The van der Waals surface area contributed by atoms with Crippen LogP contribution in [-0.2, 0) is 20.2 Å². The van der Waals surface area contributed by atoms with Gasteiger partial charge in [0.2, 0.25) is 15.9 Å². The molecule has 4 heterocycles. The summed E-state index contributed by atoms with van der Waals surface area (Å²) >= 11 is 1.26. The summed E-state index contributed by atoms with van der Waals surface area (Å²) in [5.41, 5.74) is 0.638. The highest BCUT2D eigenvalue weighted by atomic mass is 32.2. The molecule has 0 unspecified atom stereocenters. The van der Waals surface area contributed by atoms with Gasteiger partial charge in [-0.2, -0.15) is 5.26 Å². The predicted molar refractivity (Wildman–Crippen MR) is 151 cm³/mol. The molecule has 3 aromatic heterocycles. The standard InChI is InChI=1S/C27H32N8O4S2/c1-16(2)24(36)34-10-4-17(5-11-34)19-12-18(41(38,39)33-26(3)6-7-26)14-35-21(19)20(13-29-37)30-22(35)23-31-32-25(40-23)27(15-28)8-9-27/h12-14,16-17,33,37H,4-11H2,1-3H3/b29-13+. The smallest absolute Gasteiger partial charge is 0.242 e. The van der Waals surface area contributed by atoms with Crippen LogP contribution in [0.4, 0.5) is 0 Å². The highest BCUT2D eigenvalue weighted by molar-refractivity contribution is 7.89. The average Bonchev–Trinajstić information content (AvgIpc) is 3.80. The van der Waals surface area contributed by atoms with Crippen LogP contribution in [-0.4, -0.2) is 68.9 Å². The summed E-state index contributed by atoms with van der Waals surface area (Å²) in [6, 6.07) is 4.02. The maximum absolute atomic E-state index is 13.6. The summed E-state index contributed by atoms with van der Waals surface area (Å²) in [7, 11) is -3.88. The SMILES string of the molecule is CC(C)C(=O)N1CCC(c2cc(S(=O)(=O)NC3(C)CC3)cn3c(-c4nnc(C5(C#N)CC5)s4)nc(/C=N/O)c23)CC1. The van der Waals surface area contributed by atoms with Gasteiger partial charge >= 0.3 is 0 Å². The van der Waals surface area contributed by atoms with Gasteiger partial charge in [0.1, 0.15) is 16.1 Å². The summed E-state index contributed by atoms with van der Waals surface area (Å²) in [6.45, 7) is 6.77. The fourth-order valence-electron chi connectivity index (χ4n) is 5.46. The highest BCUT2D eigenvalue weighted by Crippen LogP contribution is 2.49. The van der Waals surface area contributed by atoms with E-state index in [4.69, 9.17) is 4.98 Å². The fraction of sp³-hybridized carbons (Fsp3) is 0.556. The van der Waals surface area contributed by atoms with Crippen LogP contribution >= 0.6 is 11.3 Å². The maximum Gasteiger partial charge on any atom is 0.242 e. The number of carbonyl (C=O) groups excluding carboxylic acids is 1. The molecule has 12 nitrogen and oxygen atoms in total. The zero-order valence-electron chi connectivity index (χ0n) is 23.2. The first-order valence-corrected chi connectivity index (χ1v) is 16.1. The third-order valence-corrected chi connectivity index (χ3v) is 11.1. The first-order valence-electron chi connectivity index (χ1n) is 13.8. The van der Waals surface area contributed by atoms with Crippen LogP contribution in [0.2, 0.25) is 0 Å². The molecule has 1 saturated heterocycles. The number of hydrogen-bond donors (Lipinski definition) is 2. The van der Waals surface area contributed by atoms with Crippen LogP contribution in [0.3, 0.4) is 0 Å². The topological polar surface area (TPSA) is 166 Å². The van der Waals surface area contributed by atoms with Gasteiger partial charge in [-0.3, -0.25) is 9.20 Å². The molecule has 2 saturated carbocycles. The molecule has 0 radical (unpaired) electrons. The van der Waals surface area contributed by atoms with Crippen LogP contribution in [0, 0.1) is 17.2 Å². The predicted octanol–water partition coefficient (Wildman–Crippen LogP) is 3.41. The Morgan fingerprint density at radius 1 is 1.27 bits per heavy atom. The summed E-state index contributed by atoms with van der Waals surface area (Å²) in [4.78, 5) is 19.3. The number of imidazole rings is 1. The zero-order valence-corrected chi connectivity index (χ0v) is 24.8. The number of fused-ring (bicyclic) bond motifs is 1. The first-order chi connectivity index (χ1) is 19.5. The number of hydrogen-bond acceptors (Lipinski definition) is 10. The molecule has 6 rings (SSSR count). The molecule has 216 valence electrons. The van der Waals surface area contributed by atoms with E-state index in [0.29, 0.717) is 53.0 Å². The number of oxime groups is 1. The van der Waals surface area contributed by atoms with Gasteiger partial charge in [-0.25, -0.2) is 18.1 Å². The number of carbonyl (C=O) groups is 1. The number of sulfonamides is 1. The number of nitrogens with zero attached hydrogens (tertiary/aromatic N) is 7. The van der Waals surface area contributed by atoms with E-state index in [1.807, 2.05) is 25.7 Å². The lowest BCUT2D eigenvalue weighted by Crippen LogP contribution is -2.40. The van der Waals surface area contributed by atoms with Crippen molar-refractivity contribution in [3.8, 4) is 16.9 Å². The zero-order chi connectivity index (χ0) is 29.2. The van der Waals surface area contributed by atoms with Crippen LogP contribution in [0.1, 0.15) is 81.5 Å². The molecule has 3 aromatic rings. The van der Waals surface area contributed by atoms with E-state index in [9.17, 15) is 23.7 Å². The van der Waals surface area contributed by atoms with Crippen molar-refractivity contribution >= 4 is 39.0 Å². The Bertz CT molecular complexity index is 1700. The monoisotopic (exact) mass is 596 g/mol. The van der Waals surface area contributed by atoms with Gasteiger partial charge in [0.25, 0.3) is 0 Å². The molecule has 0 spiro atoms. The molecule has 0 atom stereocenters. The normalized spacial score (nSPS) is 20.1. The van der Waals surface area contributed by atoms with E-state index >= 15 is 0 Å². The summed E-state index contributed by atoms with van der Waals surface area (Å²) in [5, 5.41) is 32.0. The van der Waals surface area contributed by atoms with Gasteiger partial charge < -0.3 is 10.1 Å². The van der Waals surface area contributed by atoms with E-state index in [2.05, 4.69) is 26.1 Å². The quantitative estimate of drug-likeness (QED) is 0.227. The number of amides is 1. The maximum atomic E-state index is 13.6. The number of nitrogens with one attached hydrogen (secondary N) is 1. The van der Waals surface area contributed by atoms with Crippen molar-refractivity contribution in [3.05, 3.63) is 28.5 Å². The van der Waals surface area contributed by atoms with Crippen molar-refractivity contribution in [1.82, 2.24) is 29.2 Å². The summed E-state index contributed by atoms with van der Waals surface area (Å²) in [5.74, 6) is 0.299. The minimum absolute atomic E-state index is 0.0610. The van der Waals surface area contributed by atoms with Crippen LogP contribution in [0.25, 0.3) is 16.3 Å². The van der Waals surface area contributed by atoms with Crippen LogP contribution in [0.15, 0.2) is 22.3 Å². The third-order valence-electron chi connectivity index (χ3n) is 8.37. The fourth-order valence-corrected chi connectivity index (χ4v) is 7.98. The number of rotatable bonds is 8.